The zero-order valence-electron chi connectivity index (χ0n) is 12.5. The number of piperidine rings is 1. The summed E-state index contributed by atoms with van der Waals surface area (Å²) in [5.74, 6) is 0. The first-order chi connectivity index (χ1) is 10.2. The van der Waals surface area contributed by atoms with Crippen LogP contribution in [0.4, 0.5) is 0 Å². The Labute approximate surface area is 126 Å². The van der Waals surface area contributed by atoms with Gasteiger partial charge in [-0.3, -0.25) is 4.98 Å². The average molecular weight is 282 g/mol. The Kier molecular flexibility index (Phi) is 4.04. The van der Waals surface area contributed by atoms with Crippen LogP contribution in [0, 0.1) is 0 Å². The van der Waals surface area contributed by atoms with Crippen LogP contribution in [0.2, 0.25) is 0 Å². The highest BCUT2D eigenvalue weighted by molar-refractivity contribution is 5.67. The Morgan fingerprint density at radius 3 is 2.76 bits per heavy atom. The molecule has 1 atom stereocenters. The summed E-state index contributed by atoms with van der Waals surface area (Å²) in [6.07, 6.45) is 5.34. The van der Waals surface area contributed by atoms with E-state index in [1.54, 1.807) is 0 Å². The van der Waals surface area contributed by atoms with Crippen LogP contribution in [-0.4, -0.2) is 16.6 Å². The molecule has 1 aromatic heterocycles. The molecular formula is C18H22N2O. The van der Waals surface area contributed by atoms with E-state index in [1.165, 1.54) is 18.4 Å². The standard InChI is InChI=1S/C18H22N2O/c1-18(10-3-5-12-20-18)17-14(13-21)7-6-8-15(17)16-9-2-4-11-19-16/h2,4,6-9,11,20-21H,3,5,10,12-13H2,1H3/t18-/m0/s1. The lowest BCUT2D eigenvalue weighted by Gasteiger charge is -2.38. The smallest absolute Gasteiger partial charge is 0.0705 e. The number of benzene rings is 1. The van der Waals surface area contributed by atoms with Gasteiger partial charge in [-0.2, -0.15) is 0 Å². The number of hydrogen-bond acceptors (Lipinski definition) is 3. The van der Waals surface area contributed by atoms with Gasteiger partial charge in [-0.15, -0.1) is 0 Å². The maximum atomic E-state index is 9.79. The van der Waals surface area contributed by atoms with Crippen LogP contribution < -0.4 is 5.32 Å². The van der Waals surface area contributed by atoms with Crippen molar-refractivity contribution in [1.29, 1.82) is 0 Å². The van der Waals surface area contributed by atoms with Crippen LogP contribution in [-0.2, 0) is 12.1 Å². The molecule has 3 nitrogen and oxygen atoms in total. The maximum Gasteiger partial charge on any atom is 0.0705 e. The molecule has 0 radical (unpaired) electrons. The monoisotopic (exact) mass is 282 g/mol. The van der Waals surface area contributed by atoms with Gasteiger partial charge in [-0.05, 0) is 49.6 Å². The first-order valence-electron chi connectivity index (χ1n) is 7.64. The Hall–Kier alpha value is -1.71. The van der Waals surface area contributed by atoms with E-state index in [2.05, 4.69) is 23.3 Å². The molecule has 1 aliphatic heterocycles. The van der Waals surface area contributed by atoms with E-state index in [9.17, 15) is 5.11 Å². The van der Waals surface area contributed by atoms with Gasteiger partial charge in [0.05, 0.1) is 12.3 Å². The molecule has 0 aliphatic carbocycles. The highest BCUT2D eigenvalue weighted by Crippen LogP contribution is 2.38. The van der Waals surface area contributed by atoms with Crippen LogP contribution in [0.1, 0.15) is 37.3 Å². The molecule has 0 saturated carbocycles. The SMILES string of the molecule is C[C@@]1(c2c(CO)cccc2-c2ccccn2)CCCCN1. The van der Waals surface area contributed by atoms with E-state index in [0.29, 0.717) is 0 Å². The molecule has 110 valence electrons. The average Bonchev–Trinajstić information content (AvgIpc) is 2.55. The number of nitrogens with one attached hydrogen (secondary N) is 1. The second-order valence-corrected chi connectivity index (χ2v) is 5.93. The molecule has 0 bridgehead atoms. The third-order valence-electron chi connectivity index (χ3n) is 4.43. The lowest BCUT2D eigenvalue weighted by Crippen LogP contribution is -2.44. The molecule has 2 N–H and O–H groups in total. The van der Waals surface area contributed by atoms with E-state index in [0.717, 1.165) is 29.8 Å². The Bertz CT molecular complexity index is 604. The summed E-state index contributed by atoms with van der Waals surface area (Å²) < 4.78 is 0. The van der Waals surface area contributed by atoms with Gasteiger partial charge in [-0.1, -0.05) is 30.7 Å². The van der Waals surface area contributed by atoms with Gasteiger partial charge < -0.3 is 10.4 Å². The minimum atomic E-state index is -0.0928. The lowest BCUT2D eigenvalue weighted by molar-refractivity contribution is 0.257. The van der Waals surface area contributed by atoms with Crippen molar-refractivity contribution in [3.63, 3.8) is 0 Å². The topological polar surface area (TPSA) is 45.2 Å². The normalized spacial score (nSPS) is 22.2. The first kappa shape index (κ1) is 14.2. The second-order valence-electron chi connectivity index (χ2n) is 5.93. The maximum absolute atomic E-state index is 9.79. The van der Waals surface area contributed by atoms with E-state index in [1.807, 2.05) is 36.5 Å². The summed E-state index contributed by atoms with van der Waals surface area (Å²) in [4.78, 5) is 4.50. The van der Waals surface area contributed by atoms with Crippen LogP contribution in [0.3, 0.4) is 0 Å². The van der Waals surface area contributed by atoms with E-state index >= 15 is 0 Å². The van der Waals surface area contributed by atoms with Crippen LogP contribution in [0.25, 0.3) is 11.3 Å². The van der Waals surface area contributed by atoms with Crippen molar-refractivity contribution in [3.05, 3.63) is 53.7 Å². The molecule has 3 rings (SSSR count). The Morgan fingerprint density at radius 2 is 2.10 bits per heavy atom. The van der Waals surface area contributed by atoms with Crippen molar-refractivity contribution in [2.24, 2.45) is 0 Å². The van der Waals surface area contributed by atoms with Crippen molar-refractivity contribution in [3.8, 4) is 11.3 Å². The molecule has 0 amide bonds. The van der Waals surface area contributed by atoms with Crippen molar-refractivity contribution < 1.29 is 5.11 Å². The van der Waals surface area contributed by atoms with E-state index in [4.69, 9.17) is 0 Å². The molecule has 0 unspecified atom stereocenters. The van der Waals surface area contributed by atoms with Gasteiger partial charge in [0, 0.05) is 17.3 Å². The Morgan fingerprint density at radius 1 is 1.19 bits per heavy atom. The number of rotatable bonds is 3. The highest BCUT2D eigenvalue weighted by Gasteiger charge is 2.32. The van der Waals surface area contributed by atoms with Gasteiger partial charge >= 0.3 is 0 Å². The second kappa shape index (κ2) is 5.96. The molecule has 2 heterocycles. The van der Waals surface area contributed by atoms with Gasteiger partial charge in [0.1, 0.15) is 0 Å². The van der Waals surface area contributed by atoms with E-state index in [-0.39, 0.29) is 12.1 Å². The predicted molar refractivity (Wildman–Crippen MR) is 84.8 cm³/mol. The van der Waals surface area contributed by atoms with E-state index < -0.39 is 0 Å². The molecule has 1 aliphatic rings. The number of nitrogens with zero attached hydrogens (tertiary/aromatic N) is 1. The van der Waals surface area contributed by atoms with Gasteiger partial charge in [0.2, 0.25) is 0 Å². The Balaban J connectivity index is 2.17. The highest BCUT2D eigenvalue weighted by atomic mass is 16.3. The van der Waals surface area contributed by atoms with Crippen LogP contribution >= 0.6 is 0 Å². The fourth-order valence-electron chi connectivity index (χ4n) is 3.39. The molecule has 2 aromatic rings. The first-order valence-corrected chi connectivity index (χ1v) is 7.64. The number of pyridine rings is 1. The number of hydrogen-bond donors (Lipinski definition) is 2. The molecule has 1 saturated heterocycles. The van der Waals surface area contributed by atoms with Crippen LogP contribution in [0.5, 0.6) is 0 Å². The summed E-state index contributed by atoms with van der Waals surface area (Å²) >= 11 is 0. The number of aliphatic hydroxyl groups is 1. The minimum absolute atomic E-state index is 0.0628. The molecule has 1 aromatic carbocycles. The van der Waals surface area contributed by atoms with Gasteiger partial charge in [-0.25, -0.2) is 0 Å². The summed E-state index contributed by atoms with van der Waals surface area (Å²) in [6, 6.07) is 12.1. The molecule has 3 heteroatoms. The zero-order valence-corrected chi connectivity index (χ0v) is 12.5. The van der Waals surface area contributed by atoms with Crippen LogP contribution in [0.15, 0.2) is 42.6 Å². The molecule has 0 spiro atoms. The minimum Gasteiger partial charge on any atom is -0.392 e. The molecular weight excluding hydrogens is 260 g/mol. The zero-order chi connectivity index (χ0) is 14.7. The van der Waals surface area contributed by atoms with Gasteiger partial charge in [0.25, 0.3) is 0 Å². The quantitative estimate of drug-likeness (QED) is 0.908. The number of aliphatic hydroxyl groups excluding tert-OH is 1. The fraction of sp³-hybridized carbons (Fsp3) is 0.389. The van der Waals surface area contributed by atoms with Crippen molar-refractivity contribution in [1.82, 2.24) is 10.3 Å². The number of aromatic nitrogens is 1. The summed E-state index contributed by atoms with van der Waals surface area (Å²) in [5, 5.41) is 13.4. The molecule has 1 fully saturated rings. The predicted octanol–water partition coefficient (Wildman–Crippen LogP) is 3.23. The fourth-order valence-corrected chi connectivity index (χ4v) is 3.39. The third kappa shape index (κ3) is 2.71. The van der Waals surface area contributed by atoms with Crippen molar-refractivity contribution in [2.75, 3.05) is 6.54 Å². The molecule has 21 heavy (non-hydrogen) atoms. The van der Waals surface area contributed by atoms with Crippen molar-refractivity contribution in [2.45, 2.75) is 38.3 Å². The third-order valence-corrected chi connectivity index (χ3v) is 4.43. The summed E-state index contributed by atoms with van der Waals surface area (Å²) in [7, 11) is 0. The van der Waals surface area contributed by atoms with Gasteiger partial charge in [0.15, 0.2) is 0 Å². The lowest BCUT2D eigenvalue weighted by atomic mass is 9.78. The summed E-state index contributed by atoms with van der Waals surface area (Å²) in [6.45, 7) is 3.33. The largest absolute Gasteiger partial charge is 0.392 e. The van der Waals surface area contributed by atoms with Crippen molar-refractivity contribution >= 4 is 0 Å². The summed E-state index contributed by atoms with van der Waals surface area (Å²) in [5.41, 5.74) is 4.20.